The lowest BCUT2D eigenvalue weighted by atomic mass is 9.81. The van der Waals surface area contributed by atoms with Crippen LogP contribution in [0.1, 0.15) is 47.8 Å². The van der Waals surface area contributed by atoms with Crippen LogP contribution in [0.5, 0.6) is 0 Å². The maximum atomic E-state index is 13.7. The van der Waals surface area contributed by atoms with E-state index in [0.29, 0.717) is 37.5 Å². The second kappa shape index (κ2) is 7.73. The number of carbonyl (C=O) groups excluding carboxylic acids is 1. The number of hydrogen-bond donors (Lipinski definition) is 2. The minimum atomic E-state index is -2.84. The minimum Gasteiger partial charge on any atom is -0.396 e. The van der Waals surface area contributed by atoms with Gasteiger partial charge in [0.25, 0.3) is 12.3 Å². The van der Waals surface area contributed by atoms with Crippen molar-refractivity contribution in [2.45, 2.75) is 43.9 Å². The van der Waals surface area contributed by atoms with Crippen molar-refractivity contribution in [3.8, 4) is 0 Å². The molecule has 12 heteroatoms. The van der Waals surface area contributed by atoms with Crippen molar-refractivity contribution < 1.29 is 23.4 Å². The molecule has 0 unspecified atom stereocenters. The van der Waals surface area contributed by atoms with Crippen molar-refractivity contribution in [1.82, 2.24) is 24.4 Å². The summed E-state index contributed by atoms with van der Waals surface area (Å²) in [7, 11) is 0. The number of morpholine rings is 1. The Morgan fingerprint density at radius 3 is 2.82 bits per heavy atom. The summed E-state index contributed by atoms with van der Waals surface area (Å²) in [5.74, 6) is 0.0582. The van der Waals surface area contributed by atoms with Gasteiger partial charge in [-0.15, -0.1) is 5.10 Å². The molecule has 0 radical (unpaired) electrons. The summed E-state index contributed by atoms with van der Waals surface area (Å²) < 4.78 is 36.1. The van der Waals surface area contributed by atoms with Gasteiger partial charge < -0.3 is 20.1 Å². The van der Waals surface area contributed by atoms with Crippen LogP contribution in [0.15, 0.2) is 24.7 Å². The molecule has 1 saturated carbocycles. The van der Waals surface area contributed by atoms with Crippen LogP contribution in [0.3, 0.4) is 0 Å². The lowest BCUT2D eigenvalue weighted by Gasteiger charge is -2.33. The Kier molecular flexibility index (Phi) is 4.80. The number of fused-ring (bicyclic) bond motifs is 3. The molecule has 33 heavy (non-hydrogen) atoms. The molecule has 2 N–H and O–H groups in total. The molecule has 3 fully saturated rings. The van der Waals surface area contributed by atoms with E-state index in [2.05, 4.69) is 20.5 Å². The Balaban J connectivity index is 1.34. The number of hydrogen-bond acceptors (Lipinski definition) is 7. The van der Waals surface area contributed by atoms with Crippen LogP contribution in [0, 0.1) is 5.92 Å². The van der Waals surface area contributed by atoms with E-state index in [9.17, 15) is 18.7 Å². The molecular weight excluding hydrogens is 436 g/mol. The van der Waals surface area contributed by atoms with E-state index in [1.54, 1.807) is 18.5 Å². The zero-order valence-corrected chi connectivity index (χ0v) is 17.6. The zero-order valence-electron chi connectivity index (χ0n) is 17.6. The number of carbonyl (C=O) groups is 1. The predicted octanol–water partition coefficient (Wildman–Crippen LogP) is 2.04. The smallest absolute Gasteiger partial charge is 0.284 e. The number of alkyl halides is 2. The molecule has 0 aromatic carbocycles. The van der Waals surface area contributed by atoms with Gasteiger partial charge in [-0.3, -0.25) is 9.48 Å². The molecule has 1 amide bonds. The van der Waals surface area contributed by atoms with Gasteiger partial charge >= 0.3 is 0 Å². The lowest BCUT2D eigenvalue weighted by molar-refractivity contribution is 0.0979. The molecule has 2 aliphatic heterocycles. The number of aliphatic hydroxyl groups is 1. The minimum absolute atomic E-state index is 0.0324. The lowest BCUT2D eigenvalue weighted by Crippen LogP contribution is -2.38. The molecule has 1 aliphatic carbocycles. The summed E-state index contributed by atoms with van der Waals surface area (Å²) in [6.45, 7) is 1.24. The van der Waals surface area contributed by atoms with Gasteiger partial charge in [-0.05, 0) is 31.2 Å². The molecule has 3 aromatic heterocycles. The first-order valence-electron chi connectivity index (χ1n) is 11.0. The zero-order chi connectivity index (χ0) is 22.7. The monoisotopic (exact) mass is 459 g/mol. The first-order valence-corrected chi connectivity index (χ1v) is 11.0. The fraction of sp³-hybridized carbons (Fsp3) is 0.524. The Morgan fingerprint density at radius 1 is 1.27 bits per heavy atom. The third-order valence-corrected chi connectivity index (χ3v) is 6.83. The maximum Gasteiger partial charge on any atom is 0.284 e. The number of aromatic nitrogens is 5. The molecule has 10 nitrogen and oxygen atoms in total. The summed E-state index contributed by atoms with van der Waals surface area (Å²) in [4.78, 5) is 19.8. The number of halogens is 2. The number of rotatable bonds is 6. The fourth-order valence-corrected chi connectivity index (χ4v) is 5.04. The second-order valence-corrected chi connectivity index (χ2v) is 8.92. The van der Waals surface area contributed by atoms with Crippen molar-refractivity contribution in [2.24, 2.45) is 5.92 Å². The summed E-state index contributed by atoms with van der Waals surface area (Å²) in [5.41, 5.74) is 0.0786. The average molecular weight is 459 g/mol. The Labute approximate surface area is 187 Å². The standard InChI is InChI=1S/C21H23F2N7O3/c22-18(23)17-15(8-30(26-17)12-4-11(5-12)9-31)25-21(32)16-19-24-2-1-3-29(19)27-20(16)28-7-14-6-13(28)10-33-14/h1-3,8,11-14,18,31H,4-7,9-10H2,(H,25,32)/t11?,12?,13-,14-/m1/s1. The molecule has 3 aromatic rings. The van der Waals surface area contributed by atoms with Gasteiger partial charge in [0.15, 0.2) is 17.2 Å². The first-order chi connectivity index (χ1) is 16.0. The first kappa shape index (κ1) is 20.5. The summed E-state index contributed by atoms with van der Waals surface area (Å²) >= 11 is 0. The number of aliphatic hydroxyl groups excluding tert-OH is 1. The number of ether oxygens (including phenoxy) is 1. The Hall–Kier alpha value is -3.12. The van der Waals surface area contributed by atoms with E-state index >= 15 is 0 Å². The van der Waals surface area contributed by atoms with Crippen LogP contribution in [-0.4, -0.2) is 67.3 Å². The van der Waals surface area contributed by atoms with E-state index < -0.39 is 18.0 Å². The van der Waals surface area contributed by atoms with Crippen LogP contribution in [-0.2, 0) is 4.74 Å². The quantitative estimate of drug-likeness (QED) is 0.581. The Morgan fingerprint density at radius 2 is 2.12 bits per heavy atom. The predicted molar refractivity (Wildman–Crippen MR) is 112 cm³/mol. The number of amides is 1. The molecule has 2 saturated heterocycles. The largest absolute Gasteiger partial charge is 0.396 e. The topological polar surface area (TPSA) is 110 Å². The van der Waals surface area contributed by atoms with E-state index in [0.717, 1.165) is 6.42 Å². The molecule has 5 heterocycles. The van der Waals surface area contributed by atoms with Crippen LogP contribution in [0.25, 0.3) is 5.65 Å². The molecule has 3 aliphatic rings. The third kappa shape index (κ3) is 3.35. The van der Waals surface area contributed by atoms with Gasteiger partial charge in [0.1, 0.15) is 5.56 Å². The van der Waals surface area contributed by atoms with Gasteiger partial charge in [0.2, 0.25) is 0 Å². The van der Waals surface area contributed by atoms with Crippen LogP contribution in [0.4, 0.5) is 20.3 Å². The van der Waals surface area contributed by atoms with Crippen LogP contribution >= 0.6 is 0 Å². The van der Waals surface area contributed by atoms with Gasteiger partial charge in [0, 0.05) is 31.7 Å². The number of nitrogens with one attached hydrogen (secondary N) is 1. The number of nitrogens with zero attached hydrogens (tertiary/aromatic N) is 6. The molecule has 0 spiro atoms. The van der Waals surface area contributed by atoms with Gasteiger partial charge in [-0.25, -0.2) is 18.3 Å². The normalized spacial score (nSPS) is 26.4. The van der Waals surface area contributed by atoms with Crippen molar-refractivity contribution in [2.75, 3.05) is 30.0 Å². The second-order valence-electron chi connectivity index (χ2n) is 8.92. The summed E-state index contributed by atoms with van der Waals surface area (Å²) in [6.07, 6.45) is 4.15. The van der Waals surface area contributed by atoms with Gasteiger partial charge in [-0.2, -0.15) is 5.10 Å². The van der Waals surface area contributed by atoms with E-state index in [1.807, 2.05) is 4.90 Å². The Bertz CT molecular complexity index is 1210. The highest BCUT2D eigenvalue weighted by Crippen LogP contribution is 2.39. The number of anilines is 2. The molecule has 174 valence electrons. The average Bonchev–Trinajstić information content (AvgIpc) is 3.54. The molecule has 2 bridgehead atoms. The van der Waals surface area contributed by atoms with Crippen molar-refractivity contribution in [1.29, 1.82) is 0 Å². The molecule has 6 rings (SSSR count). The maximum absolute atomic E-state index is 13.7. The van der Waals surface area contributed by atoms with Crippen LogP contribution < -0.4 is 10.2 Å². The van der Waals surface area contributed by atoms with Crippen molar-refractivity contribution in [3.05, 3.63) is 35.9 Å². The van der Waals surface area contributed by atoms with Crippen molar-refractivity contribution in [3.63, 3.8) is 0 Å². The SMILES string of the molecule is O=C(Nc1cn(C2CC(CO)C2)nc1C(F)F)c1c(N2C[C@H]3C[C@@H]2CO3)nn2cccnc12. The van der Waals surface area contributed by atoms with E-state index in [4.69, 9.17) is 4.74 Å². The summed E-state index contributed by atoms with van der Waals surface area (Å²) in [5, 5.41) is 20.5. The van der Waals surface area contributed by atoms with Gasteiger partial charge in [0.05, 0.1) is 30.5 Å². The highest BCUT2D eigenvalue weighted by molar-refractivity contribution is 6.12. The third-order valence-electron chi connectivity index (χ3n) is 6.83. The fourth-order valence-electron chi connectivity index (χ4n) is 5.04. The van der Waals surface area contributed by atoms with Crippen LogP contribution in [0.2, 0.25) is 0 Å². The van der Waals surface area contributed by atoms with E-state index in [-0.39, 0.29) is 42.0 Å². The summed E-state index contributed by atoms with van der Waals surface area (Å²) in [6, 6.07) is 1.76. The molecular formula is C21H23F2N7O3. The highest BCUT2D eigenvalue weighted by atomic mass is 19.3. The molecule has 2 atom stereocenters. The van der Waals surface area contributed by atoms with E-state index in [1.165, 1.54) is 15.4 Å². The van der Waals surface area contributed by atoms with Gasteiger partial charge in [-0.1, -0.05) is 0 Å². The van der Waals surface area contributed by atoms with Crippen molar-refractivity contribution >= 4 is 23.1 Å². The highest BCUT2D eigenvalue weighted by Gasteiger charge is 2.42.